The number of ether oxygens (including phenoxy) is 1. The first-order chi connectivity index (χ1) is 13.0. The van der Waals surface area contributed by atoms with E-state index in [-0.39, 0.29) is 18.4 Å². The van der Waals surface area contributed by atoms with Crippen molar-refractivity contribution in [2.45, 2.75) is 26.3 Å². The number of rotatable bonds is 9. The Kier molecular flexibility index (Phi) is 8.33. The maximum atomic E-state index is 12.8. The minimum Gasteiger partial charge on any atom is -0.484 e. The number of nitrogens with one attached hydrogen (secondary N) is 1. The van der Waals surface area contributed by atoms with E-state index < -0.39 is 6.04 Å². The van der Waals surface area contributed by atoms with Crippen molar-refractivity contribution in [3.05, 3.63) is 64.6 Å². The van der Waals surface area contributed by atoms with Crippen LogP contribution in [0.3, 0.4) is 0 Å². The lowest BCUT2D eigenvalue weighted by Gasteiger charge is -2.28. The third-order valence-corrected chi connectivity index (χ3v) is 4.71. The maximum Gasteiger partial charge on any atom is 0.261 e. The van der Waals surface area contributed by atoms with Gasteiger partial charge in [-0.05, 0) is 50.1 Å². The minimum atomic E-state index is -0.560. The smallest absolute Gasteiger partial charge is 0.261 e. The Balaban J connectivity index is 2.03. The molecule has 0 aliphatic carbocycles. The van der Waals surface area contributed by atoms with Gasteiger partial charge in [0.2, 0.25) is 5.91 Å². The van der Waals surface area contributed by atoms with Crippen molar-refractivity contribution in [2.75, 3.05) is 19.7 Å². The Bertz CT molecular complexity index is 735. The van der Waals surface area contributed by atoms with Gasteiger partial charge < -0.3 is 15.0 Å². The van der Waals surface area contributed by atoms with E-state index in [0.717, 1.165) is 10.0 Å². The van der Waals surface area contributed by atoms with Gasteiger partial charge in [0.15, 0.2) is 6.61 Å². The van der Waals surface area contributed by atoms with Crippen LogP contribution in [-0.2, 0) is 16.0 Å². The molecule has 0 spiro atoms. The highest BCUT2D eigenvalue weighted by Crippen LogP contribution is 2.16. The lowest BCUT2D eigenvalue weighted by molar-refractivity contribution is -0.141. The monoisotopic (exact) mass is 432 g/mol. The summed E-state index contributed by atoms with van der Waals surface area (Å²) in [6.07, 6.45) is 0.675. The number of hydrogen-bond acceptors (Lipinski definition) is 3. The van der Waals surface area contributed by atoms with Crippen LogP contribution in [0.15, 0.2) is 59.1 Å². The molecule has 0 fully saturated rings. The zero-order valence-electron chi connectivity index (χ0n) is 15.7. The van der Waals surface area contributed by atoms with Crippen molar-refractivity contribution in [3.8, 4) is 5.75 Å². The molecule has 0 saturated carbocycles. The van der Waals surface area contributed by atoms with Gasteiger partial charge in [-0.15, -0.1) is 0 Å². The minimum absolute atomic E-state index is 0.111. The summed E-state index contributed by atoms with van der Waals surface area (Å²) in [7, 11) is 0. The predicted octanol–water partition coefficient (Wildman–Crippen LogP) is 3.42. The summed E-state index contributed by atoms with van der Waals surface area (Å²) in [6, 6.07) is 16.6. The molecule has 2 amide bonds. The fourth-order valence-corrected chi connectivity index (χ4v) is 2.92. The molecule has 0 saturated heterocycles. The average Bonchev–Trinajstić information content (AvgIpc) is 2.68. The van der Waals surface area contributed by atoms with E-state index >= 15 is 0 Å². The van der Waals surface area contributed by atoms with Gasteiger partial charge in [0.05, 0.1) is 0 Å². The van der Waals surface area contributed by atoms with E-state index in [1.165, 1.54) is 0 Å². The highest BCUT2D eigenvalue weighted by atomic mass is 79.9. The van der Waals surface area contributed by atoms with Gasteiger partial charge in [0.25, 0.3) is 5.91 Å². The zero-order valence-corrected chi connectivity index (χ0v) is 17.2. The van der Waals surface area contributed by atoms with Gasteiger partial charge in [0.1, 0.15) is 11.8 Å². The molecule has 0 radical (unpaired) electrons. The molecule has 1 N–H and O–H groups in total. The number of amides is 2. The zero-order chi connectivity index (χ0) is 19.6. The third-order valence-electron chi connectivity index (χ3n) is 4.18. The molecule has 2 rings (SSSR count). The van der Waals surface area contributed by atoms with Crippen LogP contribution >= 0.6 is 15.9 Å². The standard InChI is InChI=1S/C21H25BrN2O3/c1-3-23-21(26)16(2)24(14-13-17-7-5-4-6-8-17)20(25)15-27-19-11-9-18(22)10-12-19/h4-12,16H,3,13-15H2,1-2H3,(H,23,26). The Morgan fingerprint density at radius 2 is 1.78 bits per heavy atom. The second-order valence-corrected chi connectivity index (χ2v) is 7.05. The van der Waals surface area contributed by atoms with E-state index in [0.29, 0.717) is 25.3 Å². The molecule has 2 aromatic carbocycles. The maximum absolute atomic E-state index is 12.8. The van der Waals surface area contributed by atoms with Crippen LogP contribution < -0.4 is 10.1 Å². The highest BCUT2D eigenvalue weighted by molar-refractivity contribution is 9.10. The molecule has 144 valence electrons. The Hall–Kier alpha value is -2.34. The molecule has 6 heteroatoms. The fourth-order valence-electron chi connectivity index (χ4n) is 2.65. The summed E-state index contributed by atoms with van der Waals surface area (Å²) in [5, 5.41) is 2.78. The first-order valence-corrected chi connectivity index (χ1v) is 9.80. The van der Waals surface area contributed by atoms with E-state index in [4.69, 9.17) is 4.74 Å². The molecule has 0 aromatic heterocycles. The van der Waals surface area contributed by atoms with E-state index in [1.807, 2.05) is 49.4 Å². The van der Waals surface area contributed by atoms with Crippen LogP contribution in [-0.4, -0.2) is 42.5 Å². The van der Waals surface area contributed by atoms with Gasteiger partial charge in [-0.1, -0.05) is 46.3 Å². The lowest BCUT2D eigenvalue weighted by Crippen LogP contribution is -2.50. The molecular weight excluding hydrogens is 408 g/mol. The third kappa shape index (κ3) is 6.71. The van der Waals surface area contributed by atoms with Crippen molar-refractivity contribution in [3.63, 3.8) is 0 Å². The van der Waals surface area contributed by atoms with Crippen molar-refractivity contribution >= 4 is 27.7 Å². The van der Waals surface area contributed by atoms with E-state index in [9.17, 15) is 9.59 Å². The van der Waals surface area contributed by atoms with Crippen LogP contribution in [0.25, 0.3) is 0 Å². The number of hydrogen-bond donors (Lipinski definition) is 1. The molecule has 2 aromatic rings. The number of carbonyl (C=O) groups excluding carboxylic acids is 2. The van der Waals surface area contributed by atoms with Gasteiger partial charge in [0, 0.05) is 17.6 Å². The van der Waals surface area contributed by atoms with Crippen molar-refractivity contribution in [2.24, 2.45) is 0 Å². The quantitative estimate of drug-likeness (QED) is 0.660. The molecule has 0 aliphatic heterocycles. The van der Waals surface area contributed by atoms with Gasteiger partial charge in [-0.3, -0.25) is 9.59 Å². The second kappa shape index (κ2) is 10.7. The first-order valence-electron chi connectivity index (χ1n) is 9.00. The Morgan fingerprint density at radius 3 is 2.41 bits per heavy atom. The normalized spacial score (nSPS) is 11.5. The van der Waals surface area contributed by atoms with Crippen LogP contribution in [0.2, 0.25) is 0 Å². The summed E-state index contributed by atoms with van der Waals surface area (Å²) in [6.45, 7) is 4.47. The van der Waals surface area contributed by atoms with Gasteiger partial charge in [-0.2, -0.15) is 0 Å². The number of nitrogens with zero attached hydrogens (tertiary/aromatic N) is 1. The Labute approximate surface area is 168 Å². The van der Waals surface area contributed by atoms with Crippen LogP contribution in [0.1, 0.15) is 19.4 Å². The summed E-state index contributed by atoms with van der Waals surface area (Å²) in [5.41, 5.74) is 1.12. The molecule has 0 aliphatic rings. The fraction of sp³-hybridized carbons (Fsp3) is 0.333. The van der Waals surface area contributed by atoms with Crippen molar-refractivity contribution in [1.82, 2.24) is 10.2 Å². The molecular formula is C21H25BrN2O3. The number of carbonyl (C=O) groups is 2. The lowest BCUT2D eigenvalue weighted by atomic mass is 10.1. The topological polar surface area (TPSA) is 58.6 Å². The summed E-state index contributed by atoms with van der Waals surface area (Å²) < 4.78 is 6.54. The molecule has 0 heterocycles. The van der Waals surface area contributed by atoms with Gasteiger partial charge >= 0.3 is 0 Å². The van der Waals surface area contributed by atoms with Crippen molar-refractivity contribution < 1.29 is 14.3 Å². The average molecular weight is 433 g/mol. The number of halogens is 1. The van der Waals surface area contributed by atoms with Crippen LogP contribution in [0, 0.1) is 0 Å². The molecule has 27 heavy (non-hydrogen) atoms. The molecule has 1 atom stereocenters. The molecule has 5 nitrogen and oxygen atoms in total. The van der Waals surface area contributed by atoms with Crippen LogP contribution in [0.4, 0.5) is 0 Å². The largest absolute Gasteiger partial charge is 0.484 e. The van der Waals surface area contributed by atoms with Crippen molar-refractivity contribution in [1.29, 1.82) is 0 Å². The SMILES string of the molecule is CCNC(=O)C(C)N(CCc1ccccc1)C(=O)COc1ccc(Br)cc1. The van der Waals surface area contributed by atoms with Gasteiger partial charge in [-0.25, -0.2) is 0 Å². The summed E-state index contributed by atoms with van der Waals surface area (Å²) >= 11 is 3.37. The molecule has 0 bridgehead atoms. The van der Waals surface area contributed by atoms with E-state index in [2.05, 4.69) is 21.2 Å². The summed E-state index contributed by atoms with van der Waals surface area (Å²) in [4.78, 5) is 26.6. The Morgan fingerprint density at radius 1 is 1.11 bits per heavy atom. The highest BCUT2D eigenvalue weighted by Gasteiger charge is 2.25. The predicted molar refractivity (Wildman–Crippen MR) is 110 cm³/mol. The van der Waals surface area contributed by atoms with E-state index in [1.54, 1.807) is 24.0 Å². The number of likely N-dealkylation sites (N-methyl/N-ethyl adjacent to an activating group) is 1. The molecule has 1 unspecified atom stereocenters. The summed E-state index contributed by atoms with van der Waals surface area (Å²) in [5.74, 6) is 0.232. The van der Waals surface area contributed by atoms with Crippen LogP contribution in [0.5, 0.6) is 5.75 Å². The number of benzene rings is 2. The first kappa shape index (κ1) is 21.0. The second-order valence-electron chi connectivity index (χ2n) is 6.14.